The van der Waals surface area contributed by atoms with Gasteiger partial charge in [0.1, 0.15) is 0 Å². The Morgan fingerprint density at radius 1 is 0.900 bits per heavy atom. The summed E-state index contributed by atoms with van der Waals surface area (Å²) >= 11 is 0. The molecule has 0 spiro atoms. The van der Waals surface area contributed by atoms with Crippen LogP contribution in [0.4, 0.5) is 0 Å². The van der Waals surface area contributed by atoms with Crippen LogP contribution >= 0.6 is 0 Å². The van der Waals surface area contributed by atoms with Crippen LogP contribution < -0.4 is 0 Å². The van der Waals surface area contributed by atoms with Crippen LogP contribution in [-0.4, -0.2) is 58.9 Å². The molecule has 0 aliphatic rings. The molecule has 8 heteroatoms. The van der Waals surface area contributed by atoms with Gasteiger partial charge in [-0.1, -0.05) is 0 Å². The van der Waals surface area contributed by atoms with Crippen LogP contribution in [0.5, 0.6) is 0 Å². The van der Waals surface area contributed by atoms with Gasteiger partial charge in [-0.3, -0.25) is 0 Å². The minimum absolute atomic E-state index is 0. The van der Waals surface area contributed by atoms with Crippen molar-refractivity contribution in [3.05, 3.63) is 0 Å². The predicted octanol–water partition coefficient (Wildman–Crippen LogP) is -1.46. The van der Waals surface area contributed by atoms with Crippen molar-refractivity contribution in [3.8, 4) is 0 Å². The predicted molar refractivity (Wildman–Crippen MR) is 36.5 cm³/mol. The third-order valence-electron chi connectivity index (χ3n) is 0.247. The maximum Gasteiger partial charge on any atom is 0.278 e. The summed E-state index contributed by atoms with van der Waals surface area (Å²) in [5.41, 5.74) is 0. The van der Waals surface area contributed by atoms with E-state index in [9.17, 15) is 16.8 Å². The number of rotatable bonds is 2. The molecule has 1 radical (unpaired) electrons. The van der Waals surface area contributed by atoms with E-state index < -0.39 is 20.2 Å². The average Bonchev–Trinajstić information content (AvgIpc) is 1.14. The van der Waals surface area contributed by atoms with Gasteiger partial charge in [-0.25, -0.2) is 0 Å². The van der Waals surface area contributed by atoms with Crippen LogP contribution in [0.1, 0.15) is 0 Å². The van der Waals surface area contributed by atoms with Crippen molar-refractivity contribution in [3.63, 3.8) is 0 Å². The van der Waals surface area contributed by atoms with Crippen LogP contribution in [0.15, 0.2) is 0 Å². The molecule has 0 rings (SSSR count). The summed E-state index contributed by atoms with van der Waals surface area (Å²) in [5, 5.41) is 0. The van der Waals surface area contributed by atoms with Gasteiger partial charge in [0, 0.05) is 29.6 Å². The standard InChI is InChI=1S/C2H6O5S2.Na/c1-8(3,4)7-9(2,5)6;/h1-2H3;. The van der Waals surface area contributed by atoms with Crippen molar-refractivity contribution >= 4 is 49.8 Å². The third kappa shape index (κ3) is 11.6. The van der Waals surface area contributed by atoms with Gasteiger partial charge in [-0.2, -0.15) is 16.8 Å². The Morgan fingerprint density at radius 3 is 1.10 bits per heavy atom. The first kappa shape index (κ1) is 13.4. The minimum Gasteiger partial charge on any atom is -0.199 e. The summed E-state index contributed by atoms with van der Waals surface area (Å²) in [7, 11) is -7.74. The molecule has 0 fully saturated rings. The van der Waals surface area contributed by atoms with Gasteiger partial charge in [-0.15, -0.1) is 3.63 Å². The average molecular weight is 197 g/mol. The number of hydrogen-bond acceptors (Lipinski definition) is 5. The second kappa shape index (κ2) is 4.03. The molecular formula is C2H6NaO5S2. The second-order valence-corrected chi connectivity index (χ2v) is 4.84. The summed E-state index contributed by atoms with van der Waals surface area (Å²) in [5.74, 6) is 0. The number of hydrogen-bond donors (Lipinski definition) is 0. The third-order valence-corrected chi connectivity index (χ3v) is 2.22. The van der Waals surface area contributed by atoms with Crippen molar-refractivity contribution in [2.75, 3.05) is 12.5 Å². The van der Waals surface area contributed by atoms with Crippen LogP contribution in [0.2, 0.25) is 0 Å². The van der Waals surface area contributed by atoms with Crippen molar-refractivity contribution in [1.82, 2.24) is 0 Å². The Balaban J connectivity index is 0. The van der Waals surface area contributed by atoms with Crippen molar-refractivity contribution < 1.29 is 20.5 Å². The zero-order chi connectivity index (χ0) is 7.71. The van der Waals surface area contributed by atoms with Gasteiger partial charge in [0.2, 0.25) is 0 Å². The van der Waals surface area contributed by atoms with E-state index in [1.807, 2.05) is 0 Å². The van der Waals surface area contributed by atoms with Crippen molar-refractivity contribution in [1.29, 1.82) is 0 Å². The fourth-order valence-electron chi connectivity index (χ4n) is 0.225. The summed E-state index contributed by atoms with van der Waals surface area (Å²) in [6.07, 6.45) is 1.32. The maximum absolute atomic E-state index is 10.0. The molecule has 57 valence electrons. The van der Waals surface area contributed by atoms with Gasteiger partial charge in [0.05, 0.1) is 12.5 Å². The van der Waals surface area contributed by atoms with Gasteiger partial charge < -0.3 is 0 Å². The van der Waals surface area contributed by atoms with Crippen LogP contribution in [0, 0.1) is 0 Å². The van der Waals surface area contributed by atoms with E-state index in [0.717, 1.165) is 0 Å². The zero-order valence-electron chi connectivity index (χ0n) is 5.86. The fourth-order valence-corrected chi connectivity index (χ4v) is 2.02. The molecule has 0 amide bonds. The molecule has 0 atom stereocenters. The summed E-state index contributed by atoms with van der Waals surface area (Å²) in [6.45, 7) is 0. The molecule has 0 N–H and O–H groups in total. The van der Waals surface area contributed by atoms with Gasteiger partial charge in [0.15, 0.2) is 0 Å². The molecule has 0 unspecified atom stereocenters. The maximum atomic E-state index is 10.0. The molecule has 0 bridgehead atoms. The Morgan fingerprint density at radius 2 is 1.10 bits per heavy atom. The quantitative estimate of drug-likeness (QED) is 0.506. The molecule has 0 heterocycles. The Kier molecular flexibility index (Phi) is 5.42. The van der Waals surface area contributed by atoms with Crippen LogP contribution in [-0.2, 0) is 23.9 Å². The molecule has 10 heavy (non-hydrogen) atoms. The Labute approximate surface area is 82.3 Å². The van der Waals surface area contributed by atoms with E-state index in [4.69, 9.17) is 0 Å². The van der Waals surface area contributed by atoms with Crippen molar-refractivity contribution in [2.45, 2.75) is 0 Å². The monoisotopic (exact) mass is 197 g/mol. The van der Waals surface area contributed by atoms with Gasteiger partial charge >= 0.3 is 0 Å². The fraction of sp³-hybridized carbons (Fsp3) is 1.00. The molecule has 0 aromatic rings. The first-order valence-electron chi connectivity index (χ1n) is 1.82. The molecule has 0 saturated carbocycles. The summed E-state index contributed by atoms with van der Waals surface area (Å²) in [6, 6.07) is 0. The van der Waals surface area contributed by atoms with Crippen LogP contribution in [0.3, 0.4) is 0 Å². The minimum atomic E-state index is -3.87. The van der Waals surface area contributed by atoms with E-state index in [2.05, 4.69) is 3.63 Å². The molecule has 0 saturated heterocycles. The largest absolute Gasteiger partial charge is 0.278 e. The van der Waals surface area contributed by atoms with Crippen molar-refractivity contribution in [2.24, 2.45) is 0 Å². The molecule has 5 nitrogen and oxygen atoms in total. The van der Waals surface area contributed by atoms with E-state index in [0.29, 0.717) is 12.5 Å². The van der Waals surface area contributed by atoms with E-state index in [-0.39, 0.29) is 29.6 Å². The summed E-state index contributed by atoms with van der Waals surface area (Å²) < 4.78 is 43.8. The normalized spacial score (nSPS) is 12.2. The van der Waals surface area contributed by atoms with E-state index in [1.165, 1.54) is 0 Å². The van der Waals surface area contributed by atoms with Gasteiger partial charge in [0.25, 0.3) is 20.2 Å². The second-order valence-electron chi connectivity index (χ2n) is 1.48. The van der Waals surface area contributed by atoms with E-state index in [1.54, 1.807) is 0 Å². The molecule has 0 aliphatic carbocycles. The molecule has 0 aromatic heterocycles. The Hall–Kier alpha value is 0.860. The SMILES string of the molecule is CS(=O)(=O)OS(C)(=O)=O.[Na]. The molecular weight excluding hydrogens is 191 g/mol. The topological polar surface area (TPSA) is 77.5 Å². The Bertz CT molecular complexity index is 243. The molecule has 0 aromatic carbocycles. The smallest absolute Gasteiger partial charge is 0.199 e. The van der Waals surface area contributed by atoms with Gasteiger partial charge in [-0.05, 0) is 0 Å². The summed E-state index contributed by atoms with van der Waals surface area (Å²) in [4.78, 5) is 0. The zero-order valence-corrected chi connectivity index (χ0v) is 9.49. The van der Waals surface area contributed by atoms with E-state index >= 15 is 0 Å². The first-order chi connectivity index (χ1) is 3.71. The molecule has 0 aliphatic heterocycles. The first-order valence-corrected chi connectivity index (χ1v) is 5.45. The van der Waals surface area contributed by atoms with Crippen LogP contribution in [0.25, 0.3) is 0 Å².